The van der Waals surface area contributed by atoms with Crippen LogP contribution in [0.3, 0.4) is 0 Å². The molecule has 1 fully saturated rings. The van der Waals surface area contributed by atoms with Crippen molar-refractivity contribution >= 4 is 6.03 Å². The predicted molar refractivity (Wildman–Crippen MR) is 95.0 cm³/mol. The number of amides is 2. The summed E-state index contributed by atoms with van der Waals surface area (Å²) in [6, 6.07) is 11.2. The summed E-state index contributed by atoms with van der Waals surface area (Å²) in [5, 5.41) is 13.4. The van der Waals surface area contributed by atoms with Crippen LogP contribution in [0.25, 0.3) is 0 Å². The smallest absolute Gasteiger partial charge is 0.318 e. The molecular weight excluding hydrogens is 318 g/mol. The van der Waals surface area contributed by atoms with Crippen LogP contribution in [0.4, 0.5) is 4.79 Å². The van der Waals surface area contributed by atoms with E-state index in [1.807, 2.05) is 60.4 Å². The summed E-state index contributed by atoms with van der Waals surface area (Å²) >= 11 is 0. The summed E-state index contributed by atoms with van der Waals surface area (Å²) in [5.74, 6) is 0. The number of benzene rings is 1. The number of ether oxygens (including phenoxy) is 1. The minimum Gasteiger partial charge on any atom is -0.388 e. The molecule has 2 amide bonds. The normalized spacial score (nSPS) is 18.8. The standard InChI is InChI=1S/C19H25N3O3/c1-21-8-7-15(13-21)12-20-19(24)22-9-10-25-14-17(22)11-18(23)16-5-3-2-4-6-16/h2-8,13,17-18,23H,9-12,14H2,1H3,(H,20,24). The summed E-state index contributed by atoms with van der Waals surface area (Å²) in [6.45, 7) is 2.00. The highest BCUT2D eigenvalue weighted by atomic mass is 16.5. The van der Waals surface area contributed by atoms with E-state index in [2.05, 4.69) is 5.32 Å². The average molecular weight is 343 g/mol. The van der Waals surface area contributed by atoms with Crippen LogP contribution >= 0.6 is 0 Å². The minimum atomic E-state index is -0.614. The molecule has 6 nitrogen and oxygen atoms in total. The maximum Gasteiger partial charge on any atom is 0.318 e. The van der Waals surface area contributed by atoms with Gasteiger partial charge in [-0.15, -0.1) is 0 Å². The molecule has 0 spiro atoms. The first-order valence-electron chi connectivity index (χ1n) is 8.59. The SMILES string of the molecule is Cn1ccc(CNC(=O)N2CCOCC2CC(O)c2ccccc2)c1. The number of aliphatic hydroxyl groups is 1. The van der Waals surface area contributed by atoms with E-state index in [4.69, 9.17) is 4.74 Å². The monoisotopic (exact) mass is 343 g/mol. The number of nitrogens with one attached hydrogen (secondary N) is 1. The number of aliphatic hydroxyl groups excluding tert-OH is 1. The molecule has 0 saturated carbocycles. The molecule has 1 saturated heterocycles. The van der Waals surface area contributed by atoms with Gasteiger partial charge in [0.25, 0.3) is 0 Å². The average Bonchev–Trinajstić information content (AvgIpc) is 3.06. The molecule has 25 heavy (non-hydrogen) atoms. The molecule has 1 aromatic heterocycles. The van der Waals surface area contributed by atoms with Crippen LogP contribution in [0.5, 0.6) is 0 Å². The van der Waals surface area contributed by atoms with Crippen molar-refractivity contribution in [3.63, 3.8) is 0 Å². The highest BCUT2D eigenvalue weighted by Crippen LogP contribution is 2.22. The molecule has 134 valence electrons. The van der Waals surface area contributed by atoms with Gasteiger partial charge in [-0.05, 0) is 17.2 Å². The number of hydrogen-bond donors (Lipinski definition) is 2. The molecule has 2 N–H and O–H groups in total. The van der Waals surface area contributed by atoms with E-state index in [0.717, 1.165) is 11.1 Å². The molecule has 2 unspecified atom stereocenters. The topological polar surface area (TPSA) is 66.7 Å². The van der Waals surface area contributed by atoms with E-state index < -0.39 is 6.10 Å². The number of urea groups is 1. The Morgan fingerprint density at radius 3 is 2.88 bits per heavy atom. The maximum absolute atomic E-state index is 12.6. The third-order valence-electron chi connectivity index (χ3n) is 4.51. The Kier molecular flexibility index (Phi) is 5.73. The quantitative estimate of drug-likeness (QED) is 0.873. The highest BCUT2D eigenvalue weighted by molar-refractivity contribution is 5.74. The fraction of sp³-hybridized carbons (Fsp3) is 0.421. The van der Waals surface area contributed by atoms with Crippen LogP contribution < -0.4 is 5.32 Å². The molecule has 2 heterocycles. The molecule has 1 aliphatic rings. The molecule has 2 atom stereocenters. The molecular formula is C19H25N3O3. The van der Waals surface area contributed by atoms with Crippen LogP contribution in [-0.4, -0.2) is 46.4 Å². The van der Waals surface area contributed by atoms with Crippen molar-refractivity contribution in [1.29, 1.82) is 0 Å². The molecule has 6 heteroatoms. The van der Waals surface area contributed by atoms with Gasteiger partial charge in [0.1, 0.15) is 0 Å². The second kappa shape index (κ2) is 8.18. The lowest BCUT2D eigenvalue weighted by atomic mass is 10.0. The number of nitrogens with zero attached hydrogens (tertiary/aromatic N) is 2. The van der Waals surface area contributed by atoms with Crippen LogP contribution in [0.2, 0.25) is 0 Å². The van der Waals surface area contributed by atoms with Crippen molar-refractivity contribution in [2.75, 3.05) is 19.8 Å². The highest BCUT2D eigenvalue weighted by Gasteiger charge is 2.29. The van der Waals surface area contributed by atoms with Crippen LogP contribution in [-0.2, 0) is 18.3 Å². The fourth-order valence-corrected chi connectivity index (χ4v) is 3.13. The number of carbonyl (C=O) groups excluding carboxylic acids is 1. The molecule has 0 bridgehead atoms. The summed E-state index contributed by atoms with van der Waals surface area (Å²) in [7, 11) is 1.95. The Bertz CT molecular complexity index is 686. The lowest BCUT2D eigenvalue weighted by Crippen LogP contribution is -2.52. The fourth-order valence-electron chi connectivity index (χ4n) is 3.13. The molecule has 1 aliphatic heterocycles. The first kappa shape index (κ1) is 17.5. The summed E-state index contributed by atoms with van der Waals surface area (Å²) in [5.41, 5.74) is 1.92. The summed E-state index contributed by atoms with van der Waals surface area (Å²) in [6.07, 6.45) is 3.78. The van der Waals surface area contributed by atoms with E-state index >= 15 is 0 Å². The Hall–Kier alpha value is -2.31. The van der Waals surface area contributed by atoms with E-state index in [1.54, 1.807) is 4.90 Å². The van der Waals surface area contributed by atoms with E-state index in [9.17, 15) is 9.90 Å². The summed E-state index contributed by atoms with van der Waals surface area (Å²) < 4.78 is 7.48. The van der Waals surface area contributed by atoms with Gasteiger partial charge >= 0.3 is 6.03 Å². The number of aryl methyl sites for hydroxylation is 1. The first-order valence-corrected chi connectivity index (χ1v) is 8.59. The number of morpholine rings is 1. The van der Waals surface area contributed by atoms with Crippen molar-refractivity contribution in [3.05, 3.63) is 59.9 Å². The van der Waals surface area contributed by atoms with Crippen molar-refractivity contribution in [2.45, 2.75) is 25.1 Å². The van der Waals surface area contributed by atoms with Gasteiger partial charge in [-0.1, -0.05) is 30.3 Å². The van der Waals surface area contributed by atoms with Gasteiger partial charge in [0.05, 0.1) is 25.4 Å². The second-order valence-corrected chi connectivity index (χ2v) is 6.43. The zero-order valence-electron chi connectivity index (χ0n) is 14.5. The van der Waals surface area contributed by atoms with E-state index in [1.165, 1.54) is 0 Å². The van der Waals surface area contributed by atoms with Crippen molar-refractivity contribution in [1.82, 2.24) is 14.8 Å². The molecule has 1 aromatic carbocycles. The largest absolute Gasteiger partial charge is 0.388 e. The van der Waals surface area contributed by atoms with E-state index in [0.29, 0.717) is 32.7 Å². The zero-order chi connectivity index (χ0) is 17.6. The molecule has 3 rings (SSSR count). The second-order valence-electron chi connectivity index (χ2n) is 6.43. The van der Waals surface area contributed by atoms with Gasteiger partial charge in [0.15, 0.2) is 0 Å². The van der Waals surface area contributed by atoms with Gasteiger partial charge in [0, 0.05) is 39.0 Å². The van der Waals surface area contributed by atoms with Crippen LogP contribution in [0.15, 0.2) is 48.8 Å². The Morgan fingerprint density at radius 1 is 1.36 bits per heavy atom. The molecule has 0 radical (unpaired) electrons. The summed E-state index contributed by atoms with van der Waals surface area (Å²) in [4.78, 5) is 14.4. The number of rotatable bonds is 5. The van der Waals surface area contributed by atoms with E-state index in [-0.39, 0.29) is 12.1 Å². The van der Waals surface area contributed by atoms with Gasteiger partial charge in [0.2, 0.25) is 0 Å². The van der Waals surface area contributed by atoms with Gasteiger partial charge < -0.3 is 24.6 Å². The molecule has 2 aromatic rings. The van der Waals surface area contributed by atoms with Crippen molar-refractivity contribution in [2.24, 2.45) is 7.05 Å². The Balaban J connectivity index is 1.59. The first-order chi connectivity index (χ1) is 12.1. The number of aromatic nitrogens is 1. The Labute approximate surface area is 148 Å². The van der Waals surface area contributed by atoms with Crippen LogP contribution in [0, 0.1) is 0 Å². The molecule has 0 aliphatic carbocycles. The van der Waals surface area contributed by atoms with Gasteiger partial charge in [-0.25, -0.2) is 4.79 Å². The minimum absolute atomic E-state index is 0.114. The zero-order valence-corrected chi connectivity index (χ0v) is 14.5. The van der Waals surface area contributed by atoms with Crippen molar-refractivity contribution in [3.8, 4) is 0 Å². The lowest BCUT2D eigenvalue weighted by molar-refractivity contribution is -0.00698. The third-order valence-corrected chi connectivity index (χ3v) is 4.51. The predicted octanol–water partition coefficient (Wildman–Crippen LogP) is 2.06. The van der Waals surface area contributed by atoms with Crippen molar-refractivity contribution < 1.29 is 14.6 Å². The Morgan fingerprint density at radius 2 is 2.16 bits per heavy atom. The lowest BCUT2D eigenvalue weighted by Gasteiger charge is -2.36. The van der Waals surface area contributed by atoms with Gasteiger partial charge in [-0.2, -0.15) is 0 Å². The number of hydrogen-bond acceptors (Lipinski definition) is 3. The number of carbonyl (C=O) groups is 1. The van der Waals surface area contributed by atoms with Crippen LogP contribution in [0.1, 0.15) is 23.7 Å². The maximum atomic E-state index is 12.6. The third kappa shape index (κ3) is 4.61. The van der Waals surface area contributed by atoms with Gasteiger partial charge in [-0.3, -0.25) is 0 Å².